The van der Waals surface area contributed by atoms with Crippen molar-refractivity contribution in [3.63, 3.8) is 0 Å². The third-order valence-electron chi connectivity index (χ3n) is 6.95. The number of halogens is 1. The molecule has 2 N–H and O–H groups in total. The molecule has 0 radical (unpaired) electrons. The van der Waals surface area contributed by atoms with E-state index in [-0.39, 0.29) is 17.5 Å². The summed E-state index contributed by atoms with van der Waals surface area (Å²) in [4.78, 5) is 27.3. The number of methoxy groups -OCH3 is 1. The molecule has 0 aliphatic carbocycles. The summed E-state index contributed by atoms with van der Waals surface area (Å²) in [6.45, 7) is 1.94. The maximum Gasteiger partial charge on any atom is 0.252 e. The highest BCUT2D eigenvalue weighted by molar-refractivity contribution is 6.30. The number of hydrogen-bond acceptors (Lipinski definition) is 5. The number of aryl methyl sites for hydroxylation is 1. The Balaban J connectivity index is 1.53. The van der Waals surface area contributed by atoms with Crippen LogP contribution in [-0.4, -0.2) is 23.6 Å². The van der Waals surface area contributed by atoms with Gasteiger partial charge in [-0.05, 0) is 53.4 Å². The van der Waals surface area contributed by atoms with Crippen molar-refractivity contribution in [2.75, 3.05) is 17.7 Å². The molecule has 0 saturated heterocycles. The van der Waals surface area contributed by atoms with Crippen LogP contribution in [0.4, 0.5) is 11.4 Å². The third kappa shape index (κ3) is 5.52. The van der Waals surface area contributed by atoms with Crippen molar-refractivity contribution in [1.82, 2.24) is 4.57 Å². The summed E-state index contributed by atoms with van der Waals surface area (Å²) in [6, 6.07) is 23.1. The van der Waals surface area contributed by atoms with E-state index in [0.717, 1.165) is 27.9 Å². The minimum absolute atomic E-state index is 0.288. The Kier molecular flexibility index (Phi) is 7.40. The Hall–Kier alpha value is -4.54. The number of hydrogen-bond donors (Lipinski definition) is 2. The number of amides is 1. The summed E-state index contributed by atoms with van der Waals surface area (Å²) in [5.74, 6) is 0.111. The third-order valence-corrected chi connectivity index (χ3v) is 7.19. The first-order valence-corrected chi connectivity index (χ1v) is 12.9. The van der Waals surface area contributed by atoms with Crippen molar-refractivity contribution in [3.8, 4) is 22.9 Å². The van der Waals surface area contributed by atoms with Gasteiger partial charge in [0.15, 0.2) is 0 Å². The number of carbonyl (C=O) groups is 1. The lowest BCUT2D eigenvalue weighted by molar-refractivity contribution is -0.119. The molecule has 4 aromatic rings. The highest BCUT2D eigenvalue weighted by Crippen LogP contribution is 2.34. The largest absolute Gasteiger partial charge is 0.495 e. The van der Waals surface area contributed by atoms with Gasteiger partial charge in [0.2, 0.25) is 5.91 Å². The van der Waals surface area contributed by atoms with Crippen molar-refractivity contribution in [2.24, 2.45) is 0 Å². The fraction of sp³-hybridized carbons (Fsp3) is 0.194. The van der Waals surface area contributed by atoms with Crippen LogP contribution in [0.1, 0.15) is 22.7 Å². The van der Waals surface area contributed by atoms with Crippen molar-refractivity contribution in [2.45, 2.75) is 31.8 Å². The van der Waals surface area contributed by atoms with Crippen molar-refractivity contribution < 1.29 is 9.53 Å². The van der Waals surface area contributed by atoms with E-state index in [9.17, 15) is 14.9 Å². The van der Waals surface area contributed by atoms with Crippen LogP contribution in [0.5, 0.6) is 5.75 Å². The van der Waals surface area contributed by atoms with Crippen LogP contribution in [0.2, 0.25) is 5.02 Å². The van der Waals surface area contributed by atoms with Crippen LogP contribution < -0.4 is 20.9 Å². The smallest absolute Gasteiger partial charge is 0.252 e. The maximum atomic E-state index is 13.7. The van der Waals surface area contributed by atoms with Crippen LogP contribution in [-0.2, 0) is 17.6 Å². The number of anilines is 2. The van der Waals surface area contributed by atoms with E-state index in [0.29, 0.717) is 34.9 Å². The van der Waals surface area contributed by atoms with Crippen molar-refractivity contribution in [3.05, 3.63) is 111 Å². The van der Waals surface area contributed by atoms with Gasteiger partial charge in [0.25, 0.3) is 5.56 Å². The summed E-state index contributed by atoms with van der Waals surface area (Å²) in [7, 11) is 1.53. The van der Waals surface area contributed by atoms with Gasteiger partial charge in [-0.25, -0.2) is 0 Å². The van der Waals surface area contributed by atoms with Gasteiger partial charge in [0, 0.05) is 40.9 Å². The van der Waals surface area contributed by atoms with E-state index in [1.54, 1.807) is 18.3 Å². The molecule has 7 nitrogen and oxygen atoms in total. The van der Waals surface area contributed by atoms with Crippen LogP contribution >= 0.6 is 11.6 Å². The molecule has 1 aromatic heterocycles. The van der Waals surface area contributed by atoms with Crippen LogP contribution in [0, 0.1) is 18.3 Å². The zero-order valence-corrected chi connectivity index (χ0v) is 22.3. The number of pyridine rings is 1. The van der Waals surface area contributed by atoms with E-state index >= 15 is 0 Å². The normalized spacial score (nSPS) is 14.6. The number of nitrogens with zero attached hydrogens (tertiary/aromatic N) is 2. The molecule has 1 aliphatic heterocycles. The predicted octanol–water partition coefficient (Wildman–Crippen LogP) is 5.77. The van der Waals surface area contributed by atoms with Gasteiger partial charge >= 0.3 is 0 Å². The first-order valence-electron chi connectivity index (χ1n) is 12.6. The quantitative estimate of drug-likeness (QED) is 0.311. The summed E-state index contributed by atoms with van der Waals surface area (Å²) in [5.41, 5.74) is 5.32. The van der Waals surface area contributed by atoms with Gasteiger partial charge in [-0.3, -0.25) is 14.2 Å². The van der Waals surface area contributed by atoms with Crippen molar-refractivity contribution >= 4 is 28.9 Å². The molecule has 2 atom stereocenters. The minimum atomic E-state index is -0.851. The summed E-state index contributed by atoms with van der Waals surface area (Å²) in [6.07, 6.45) is 2.50. The van der Waals surface area contributed by atoms with Crippen LogP contribution in [0.15, 0.2) is 83.8 Å². The lowest BCUT2D eigenvalue weighted by atomic mass is 10.00. The number of fused-ring (bicyclic) bond motifs is 1. The minimum Gasteiger partial charge on any atom is -0.495 e. The van der Waals surface area contributed by atoms with Crippen molar-refractivity contribution in [1.29, 1.82) is 5.26 Å². The second-order valence-electron chi connectivity index (χ2n) is 9.56. The highest BCUT2D eigenvalue weighted by Gasteiger charge is 2.26. The Labute approximate surface area is 231 Å². The Bertz CT molecular complexity index is 1640. The molecule has 3 aromatic carbocycles. The summed E-state index contributed by atoms with van der Waals surface area (Å²) in [5, 5.41) is 15.9. The number of ether oxygens (including phenoxy) is 1. The fourth-order valence-electron chi connectivity index (χ4n) is 4.91. The molecule has 2 heterocycles. The predicted molar refractivity (Wildman–Crippen MR) is 153 cm³/mol. The Morgan fingerprint density at radius 3 is 2.69 bits per heavy atom. The monoisotopic (exact) mass is 538 g/mol. The Morgan fingerprint density at radius 1 is 1.15 bits per heavy atom. The van der Waals surface area contributed by atoms with E-state index in [1.165, 1.54) is 17.7 Å². The zero-order valence-electron chi connectivity index (χ0n) is 21.6. The molecule has 1 amide bonds. The fourth-order valence-corrected chi connectivity index (χ4v) is 5.09. The number of aromatic nitrogens is 1. The number of rotatable bonds is 7. The highest BCUT2D eigenvalue weighted by atomic mass is 35.5. The molecular formula is C31H27ClN4O3. The van der Waals surface area contributed by atoms with Gasteiger partial charge in [0.1, 0.15) is 17.8 Å². The lowest BCUT2D eigenvalue weighted by Crippen LogP contribution is -2.34. The number of benzene rings is 3. The Morgan fingerprint density at radius 2 is 1.95 bits per heavy atom. The first kappa shape index (κ1) is 26.1. The molecule has 39 heavy (non-hydrogen) atoms. The van der Waals surface area contributed by atoms with Gasteiger partial charge < -0.3 is 15.4 Å². The van der Waals surface area contributed by atoms with Gasteiger partial charge in [-0.2, -0.15) is 5.26 Å². The first-order chi connectivity index (χ1) is 18.9. The lowest BCUT2D eigenvalue weighted by Gasteiger charge is -2.22. The molecular weight excluding hydrogens is 512 g/mol. The molecule has 0 fully saturated rings. The molecule has 0 bridgehead atoms. The molecule has 1 aliphatic rings. The van der Waals surface area contributed by atoms with Crippen LogP contribution in [0.3, 0.4) is 0 Å². The van der Waals surface area contributed by atoms with E-state index in [1.807, 2.05) is 61.5 Å². The number of carbonyl (C=O) groups excluding carboxylic acids is 1. The second-order valence-corrected chi connectivity index (χ2v) is 9.99. The molecule has 196 valence electrons. The second kappa shape index (κ2) is 11.1. The van der Waals surface area contributed by atoms with E-state index < -0.39 is 6.04 Å². The molecule has 5 rings (SSSR count). The van der Waals surface area contributed by atoms with Gasteiger partial charge in [0.05, 0.1) is 19.4 Å². The summed E-state index contributed by atoms with van der Waals surface area (Å²) < 4.78 is 7.11. The standard InChI is InChI=1S/C31H27ClN4O3/c1-19-8-10-22(32)14-25(19)26-16-30(37)36(18-29(26)39-2)28(12-20-6-4-3-5-7-20)31(38)35-23-11-9-21-13-24(17-33)34-27(21)15-23/h3-11,14-16,18,24,28,34H,12-13H2,1-2H3,(H,35,38). The zero-order chi connectivity index (χ0) is 27.5. The molecule has 8 heteroatoms. The average molecular weight is 539 g/mol. The van der Waals surface area contributed by atoms with Gasteiger partial charge in [-0.15, -0.1) is 0 Å². The molecule has 0 spiro atoms. The number of nitriles is 1. The molecule has 2 unspecified atom stereocenters. The van der Waals surface area contributed by atoms with E-state index in [4.69, 9.17) is 16.3 Å². The average Bonchev–Trinajstić information content (AvgIpc) is 3.36. The van der Waals surface area contributed by atoms with Crippen LogP contribution in [0.25, 0.3) is 11.1 Å². The SMILES string of the molecule is COc1cn(C(Cc2ccccc2)C(=O)Nc2ccc3c(c2)NC(C#N)C3)c(=O)cc1-c1cc(Cl)ccc1C. The number of nitrogens with one attached hydrogen (secondary N) is 2. The maximum absolute atomic E-state index is 13.7. The summed E-state index contributed by atoms with van der Waals surface area (Å²) >= 11 is 6.25. The van der Waals surface area contributed by atoms with E-state index in [2.05, 4.69) is 16.7 Å². The molecule has 0 saturated carbocycles. The topological polar surface area (TPSA) is 96.2 Å². The van der Waals surface area contributed by atoms with Gasteiger partial charge in [-0.1, -0.05) is 54.1 Å².